The van der Waals surface area contributed by atoms with E-state index in [2.05, 4.69) is 19.2 Å². The predicted octanol–water partition coefficient (Wildman–Crippen LogP) is 3.24. The van der Waals surface area contributed by atoms with Crippen molar-refractivity contribution in [1.29, 1.82) is 0 Å². The average molecular weight is 298 g/mol. The van der Waals surface area contributed by atoms with Crippen LogP contribution >= 0.6 is 0 Å². The van der Waals surface area contributed by atoms with Crippen LogP contribution in [-0.4, -0.2) is 40.6 Å². The summed E-state index contributed by atoms with van der Waals surface area (Å²) in [6, 6.07) is -0.0362. The molecule has 1 atom stereocenters. The number of nitrogens with zero attached hydrogens (tertiary/aromatic N) is 1. The smallest absolute Gasteiger partial charge is 0.317 e. The van der Waals surface area contributed by atoms with E-state index in [0.29, 0.717) is 18.4 Å². The average Bonchev–Trinajstić information content (AvgIpc) is 2.88. The molecule has 2 N–H and O–H groups in total. The van der Waals surface area contributed by atoms with E-state index in [1.165, 1.54) is 12.8 Å². The first-order valence-corrected chi connectivity index (χ1v) is 8.23. The molecule has 0 heterocycles. The Morgan fingerprint density at radius 1 is 1.29 bits per heavy atom. The fourth-order valence-corrected chi connectivity index (χ4v) is 3.05. The summed E-state index contributed by atoms with van der Waals surface area (Å²) in [7, 11) is 0. The Bertz CT molecular complexity index is 338. The van der Waals surface area contributed by atoms with Crippen LogP contribution < -0.4 is 5.32 Å². The molecule has 0 aromatic rings. The van der Waals surface area contributed by atoms with E-state index in [-0.39, 0.29) is 18.5 Å². The van der Waals surface area contributed by atoms with Crippen LogP contribution in [0.4, 0.5) is 4.79 Å². The molecular formula is C16H30N2O3. The molecule has 0 radical (unpaired) electrons. The Kier molecular flexibility index (Phi) is 7.54. The SMILES string of the molecule is CCCC(CC(=O)O)NC(=O)N(CC(C)C)C1CCCC1. The Balaban J connectivity index is 2.66. The Morgan fingerprint density at radius 3 is 2.38 bits per heavy atom. The van der Waals surface area contributed by atoms with Crippen molar-refractivity contribution in [2.75, 3.05) is 6.54 Å². The molecule has 1 fully saturated rings. The van der Waals surface area contributed by atoms with Crippen molar-refractivity contribution in [2.24, 2.45) is 5.92 Å². The van der Waals surface area contributed by atoms with Gasteiger partial charge in [0.1, 0.15) is 0 Å². The topological polar surface area (TPSA) is 69.6 Å². The molecule has 21 heavy (non-hydrogen) atoms. The van der Waals surface area contributed by atoms with Gasteiger partial charge in [0.15, 0.2) is 0 Å². The minimum absolute atomic E-state index is 0.000233. The lowest BCUT2D eigenvalue weighted by Gasteiger charge is -2.32. The number of carboxylic acid groups (broad SMARTS) is 1. The zero-order valence-corrected chi connectivity index (χ0v) is 13.6. The van der Waals surface area contributed by atoms with Gasteiger partial charge in [-0.15, -0.1) is 0 Å². The van der Waals surface area contributed by atoms with Crippen LogP contribution in [0.1, 0.15) is 65.7 Å². The zero-order chi connectivity index (χ0) is 15.8. The number of carboxylic acids is 1. The van der Waals surface area contributed by atoms with Crippen molar-refractivity contribution in [3.05, 3.63) is 0 Å². The van der Waals surface area contributed by atoms with Gasteiger partial charge in [-0.25, -0.2) is 4.79 Å². The van der Waals surface area contributed by atoms with Gasteiger partial charge in [-0.3, -0.25) is 4.79 Å². The highest BCUT2D eigenvalue weighted by molar-refractivity contribution is 5.76. The molecule has 5 nitrogen and oxygen atoms in total. The molecule has 1 rings (SSSR count). The van der Waals surface area contributed by atoms with Crippen molar-refractivity contribution in [2.45, 2.75) is 77.8 Å². The third kappa shape index (κ3) is 6.36. The van der Waals surface area contributed by atoms with Gasteiger partial charge >= 0.3 is 12.0 Å². The Labute approximate surface area is 128 Å². The van der Waals surface area contributed by atoms with Crippen molar-refractivity contribution >= 4 is 12.0 Å². The fraction of sp³-hybridized carbons (Fsp3) is 0.875. The lowest BCUT2D eigenvalue weighted by Crippen LogP contribution is -2.50. The highest BCUT2D eigenvalue weighted by Crippen LogP contribution is 2.24. The lowest BCUT2D eigenvalue weighted by molar-refractivity contribution is -0.137. The van der Waals surface area contributed by atoms with Crippen LogP contribution in [0.25, 0.3) is 0 Å². The van der Waals surface area contributed by atoms with E-state index >= 15 is 0 Å². The highest BCUT2D eigenvalue weighted by Gasteiger charge is 2.28. The number of carbonyl (C=O) groups excluding carboxylic acids is 1. The van der Waals surface area contributed by atoms with E-state index in [4.69, 9.17) is 5.11 Å². The molecule has 0 saturated heterocycles. The molecule has 5 heteroatoms. The van der Waals surface area contributed by atoms with E-state index in [0.717, 1.165) is 25.8 Å². The number of hydrogen-bond donors (Lipinski definition) is 2. The van der Waals surface area contributed by atoms with Crippen LogP contribution in [0.3, 0.4) is 0 Å². The molecule has 1 aliphatic carbocycles. The lowest BCUT2D eigenvalue weighted by atomic mass is 10.1. The third-order valence-corrected chi connectivity index (χ3v) is 3.97. The summed E-state index contributed by atoms with van der Waals surface area (Å²) in [5.74, 6) is -0.439. The summed E-state index contributed by atoms with van der Waals surface area (Å²) < 4.78 is 0. The quantitative estimate of drug-likeness (QED) is 0.722. The van der Waals surface area contributed by atoms with E-state index in [1.54, 1.807) is 0 Å². The van der Waals surface area contributed by atoms with Crippen molar-refractivity contribution in [3.8, 4) is 0 Å². The van der Waals surface area contributed by atoms with Crippen LogP contribution in [0.5, 0.6) is 0 Å². The third-order valence-electron chi connectivity index (χ3n) is 3.97. The maximum absolute atomic E-state index is 12.6. The number of amides is 2. The van der Waals surface area contributed by atoms with E-state index < -0.39 is 5.97 Å². The summed E-state index contributed by atoms with van der Waals surface area (Å²) in [6.07, 6.45) is 6.07. The zero-order valence-electron chi connectivity index (χ0n) is 13.6. The standard InChI is InChI=1S/C16H30N2O3/c1-4-7-13(10-15(19)20)17-16(21)18(11-12(2)3)14-8-5-6-9-14/h12-14H,4-11H2,1-3H3,(H,17,21)(H,19,20). The molecule has 0 spiro atoms. The van der Waals surface area contributed by atoms with Crippen LogP contribution in [0.15, 0.2) is 0 Å². The minimum Gasteiger partial charge on any atom is -0.481 e. The second-order valence-corrected chi connectivity index (χ2v) is 6.52. The first-order valence-electron chi connectivity index (χ1n) is 8.23. The van der Waals surface area contributed by atoms with Gasteiger partial charge in [0.2, 0.25) is 0 Å². The van der Waals surface area contributed by atoms with Gasteiger partial charge in [-0.1, -0.05) is 40.0 Å². The van der Waals surface area contributed by atoms with E-state index in [9.17, 15) is 9.59 Å². The number of aliphatic carboxylic acids is 1. The monoisotopic (exact) mass is 298 g/mol. The van der Waals surface area contributed by atoms with Gasteiger partial charge < -0.3 is 15.3 Å². The molecule has 2 amide bonds. The summed E-state index contributed by atoms with van der Waals surface area (Å²) in [5.41, 5.74) is 0. The molecule has 0 aromatic heterocycles. The number of rotatable bonds is 8. The first kappa shape index (κ1) is 17.8. The molecule has 122 valence electrons. The van der Waals surface area contributed by atoms with Crippen LogP contribution in [0.2, 0.25) is 0 Å². The largest absolute Gasteiger partial charge is 0.481 e. The minimum atomic E-state index is -0.856. The summed E-state index contributed by atoms with van der Waals surface area (Å²) in [4.78, 5) is 25.4. The summed E-state index contributed by atoms with van der Waals surface area (Å²) >= 11 is 0. The number of carbonyl (C=O) groups is 2. The maximum Gasteiger partial charge on any atom is 0.317 e. The number of urea groups is 1. The van der Waals surface area contributed by atoms with Gasteiger partial charge in [-0.05, 0) is 25.2 Å². The molecule has 1 aliphatic rings. The van der Waals surface area contributed by atoms with Crippen molar-refractivity contribution in [3.63, 3.8) is 0 Å². The van der Waals surface area contributed by atoms with Crippen molar-refractivity contribution in [1.82, 2.24) is 10.2 Å². The number of hydrogen-bond acceptors (Lipinski definition) is 2. The highest BCUT2D eigenvalue weighted by atomic mass is 16.4. The van der Waals surface area contributed by atoms with Gasteiger partial charge in [0.05, 0.1) is 6.42 Å². The molecule has 0 aromatic carbocycles. The second kappa shape index (κ2) is 8.90. The molecule has 0 aliphatic heterocycles. The normalized spacial score (nSPS) is 17.0. The van der Waals surface area contributed by atoms with Gasteiger partial charge in [0, 0.05) is 18.6 Å². The molecule has 1 saturated carbocycles. The van der Waals surface area contributed by atoms with Crippen LogP contribution in [-0.2, 0) is 4.79 Å². The summed E-state index contributed by atoms with van der Waals surface area (Å²) in [6.45, 7) is 6.96. The van der Waals surface area contributed by atoms with Gasteiger partial charge in [-0.2, -0.15) is 0 Å². The Morgan fingerprint density at radius 2 is 1.90 bits per heavy atom. The van der Waals surface area contributed by atoms with Crippen LogP contribution in [0, 0.1) is 5.92 Å². The molecule has 1 unspecified atom stereocenters. The molecular weight excluding hydrogens is 268 g/mol. The summed E-state index contributed by atoms with van der Waals surface area (Å²) in [5, 5.41) is 11.9. The molecule has 0 bridgehead atoms. The fourth-order valence-electron chi connectivity index (χ4n) is 3.05. The van der Waals surface area contributed by atoms with Gasteiger partial charge in [0.25, 0.3) is 0 Å². The predicted molar refractivity (Wildman–Crippen MR) is 83.3 cm³/mol. The first-order chi connectivity index (χ1) is 9.93. The Hall–Kier alpha value is -1.26. The van der Waals surface area contributed by atoms with Crippen molar-refractivity contribution < 1.29 is 14.7 Å². The maximum atomic E-state index is 12.6. The number of nitrogens with one attached hydrogen (secondary N) is 1. The van der Waals surface area contributed by atoms with E-state index in [1.807, 2.05) is 11.8 Å². The second-order valence-electron chi connectivity index (χ2n) is 6.52.